The van der Waals surface area contributed by atoms with E-state index in [1.807, 2.05) is 11.0 Å². The first-order valence-corrected chi connectivity index (χ1v) is 10.5. The lowest BCUT2D eigenvalue weighted by atomic mass is 9.99. The van der Waals surface area contributed by atoms with Gasteiger partial charge >= 0.3 is 18.1 Å². The van der Waals surface area contributed by atoms with Crippen LogP contribution in [-0.4, -0.2) is 69.1 Å². The molecule has 166 valence electrons. The fourth-order valence-electron chi connectivity index (χ4n) is 2.97. The van der Waals surface area contributed by atoms with E-state index >= 15 is 0 Å². The van der Waals surface area contributed by atoms with Gasteiger partial charge in [-0.25, -0.2) is 4.79 Å². The van der Waals surface area contributed by atoms with Gasteiger partial charge in [0, 0.05) is 31.4 Å². The van der Waals surface area contributed by atoms with Gasteiger partial charge in [0.2, 0.25) is 7.37 Å². The molecule has 1 aliphatic heterocycles. The number of unbranched alkanes of at least 4 members (excludes halogenated alkanes) is 1. The Morgan fingerprint density at radius 3 is 2.38 bits per heavy atom. The molecular formula is C16H24F3N2O7P. The summed E-state index contributed by atoms with van der Waals surface area (Å²) in [5.74, 6) is -3.94. The minimum Gasteiger partial charge on any atom is -0.480 e. The second kappa shape index (κ2) is 10.2. The minimum absolute atomic E-state index is 0.000222. The van der Waals surface area contributed by atoms with Crippen LogP contribution < -0.4 is 5.73 Å². The number of furan rings is 1. The Morgan fingerprint density at radius 2 is 1.93 bits per heavy atom. The molecule has 2 atom stereocenters. The Bertz CT molecular complexity index is 727. The number of carbonyl (C=O) groups is 2. The number of aliphatic carboxylic acids is 2. The molecule has 0 aliphatic carbocycles. The highest BCUT2D eigenvalue weighted by Gasteiger charge is 2.56. The van der Waals surface area contributed by atoms with Crippen molar-refractivity contribution in [2.45, 2.75) is 37.1 Å². The van der Waals surface area contributed by atoms with Crippen molar-refractivity contribution in [3.63, 3.8) is 0 Å². The fraction of sp³-hybridized carbons (Fsp3) is 0.625. The Labute approximate surface area is 164 Å². The zero-order valence-corrected chi connectivity index (χ0v) is 16.4. The molecule has 13 heteroatoms. The monoisotopic (exact) mass is 444 g/mol. The van der Waals surface area contributed by atoms with Crippen molar-refractivity contribution in [2.24, 2.45) is 5.73 Å². The Balaban J connectivity index is 0.000000516. The molecule has 29 heavy (non-hydrogen) atoms. The third-order valence-corrected chi connectivity index (χ3v) is 7.24. The summed E-state index contributed by atoms with van der Waals surface area (Å²) in [7, 11) is -3.76. The van der Waals surface area contributed by atoms with E-state index in [-0.39, 0.29) is 19.1 Å². The van der Waals surface area contributed by atoms with Gasteiger partial charge in [-0.1, -0.05) is 6.42 Å². The fourth-order valence-corrected chi connectivity index (χ4v) is 5.18. The van der Waals surface area contributed by atoms with Crippen LogP contribution in [-0.2, 0) is 20.7 Å². The van der Waals surface area contributed by atoms with Crippen LogP contribution in [0.15, 0.2) is 23.0 Å². The molecule has 0 spiro atoms. The molecule has 2 rings (SSSR count). The summed E-state index contributed by atoms with van der Waals surface area (Å²) in [4.78, 5) is 32.9. The van der Waals surface area contributed by atoms with Gasteiger partial charge in [0.15, 0.2) is 5.16 Å². The molecule has 1 aromatic rings. The zero-order chi connectivity index (χ0) is 22.3. The minimum atomic E-state index is -5.08. The first-order valence-electron chi connectivity index (χ1n) is 8.64. The van der Waals surface area contributed by atoms with E-state index in [2.05, 4.69) is 0 Å². The molecule has 1 aliphatic rings. The van der Waals surface area contributed by atoms with E-state index in [1.165, 1.54) is 0 Å². The van der Waals surface area contributed by atoms with Crippen LogP contribution in [0.1, 0.15) is 24.8 Å². The summed E-state index contributed by atoms with van der Waals surface area (Å²) in [5, 5.41) is 15.2. The highest BCUT2D eigenvalue weighted by molar-refractivity contribution is 7.61. The van der Waals surface area contributed by atoms with Crippen molar-refractivity contribution in [1.29, 1.82) is 0 Å². The molecule has 1 fully saturated rings. The van der Waals surface area contributed by atoms with Gasteiger partial charge in [-0.3, -0.25) is 14.3 Å². The molecule has 0 radical (unpaired) electrons. The number of hydrogen-bond acceptors (Lipinski definition) is 6. The van der Waals surface area contributed by atoms with Crippen LogP contribution in [0.25, 0.3) is 0 Å². The van der Waals surface area contributed by atoms with Gasteiger partial charge in [-0.05, 0) is 25.5 Å². The number of rotatable bonds is 7. The topological polar surface area (TPSA) is 154 Å². The van der Waals surface area contributed by atoms with Crippen LogP contribution in [0.2, 0.25) is 0 Å². The Hall–Kier alpha value is -1.88. The van der Waals surface area contributed by atoms with Crippen LogP contribution in [0.3, 0.4) is 0 Å². The standard InChI is InChI=1S/C14H23N2O5P.C2HF3O2/c15-5-2-1-4-14(13(17)18)11-16(6-8-22(14,19)20)9-12-3-7-21-10-12;3-2(4,5)1(6)7/h3,7,10H,1-2,4-6,8-9,11,15H2,(H,17,18)(H,19,20);(H,6,7). The molecule has 0 amide bonds. The predicted octanol–water partition coefficient (Wildman–Crippen LogP) is 1.95. The van der Waals surface area contributed by atoms with E-state index in [0.717, 1.165) is 5.56 Å². The molecule has 5 N–H and O–H groups in total. The summed E-state index contributed by atoms with van der Waals surface area (Å²) in [6, 6.07) is 1.81. The van der Waals surface area contributed by atoms with Gasteiger partial charge < -0.3 is 25.3 Å². The van der Waals surface area contributed by atoms with Crippen molar-refractivity contribution in [1.82, 2.24) is 4.90 Å². The smallest absolute Gasteiger partial charge is 0.480 e. The van der Waals surface area contributed by atoms with Crippen molar-refractivity contribution < 1.29 is 46.8 Å². The van der Waals surface area contributed by atoms with Crippen LogP contribution in [0.4, 0.5) is 13.2 Å². The van der Waals surface area contributed by atoms with Crippen LogP contribution in [0.5, 0.6) is 0 Å². The average Bonchev–Trinajstić information content (AvgIpc) is 3.10. The number of nitrogens with two attached hydrogens (primary N) is 1. The van der Waals surface area contributed by atoms with Crippen molar-refractivity contribution in [3.8, 4) is 0 Å². The third kappa shape index (κ3) is 6.84. The van der Waals surface area contributed by atoms with Crippen molar-refractivity contribution in [2.75, 3.05) is 25.8 Å². The summed E-state index contributed by atoms with van der Waals surface area (Å²) in [5.41, 5.74) is 6.38. The number of alkyl halides is 3. The molecule has 0 saturated carbocycles. The largest absolute Gasteiger partial charge is 0.490 e. The van der Waals surface area contributed by atoms with Crippen molar-refractivity contribution >= 4 is 19.3 Å². The van der Waals surface area contributed by atoms with Gasteiger partial charge in [0.1, 0.15) is 0 Å². The quantitative estimate of drug-likeness (QED) is 0.365. The van der Waals surface area contributed by atoms with Gasteiger partial charge in [0.05, 0.1) is 12.5 Å². The maximum atomic E-state index is 12.6. The molecule has 2 heterocycles. The number of carboxylic acid groups (broad SMARTS) is 2. The van der Waals surface area contributed by atoms with Gasteiger partial charge in [0.25, 0.3) is 0 Å². The molecule has 1 aromatic heterocycles. The maximum Gasteiger partial charge on any atom is 0.490 e. The van der Waals surface area contributed by atoms with Gasteiger partial charge in [-0.2, -0.15) is 13.2 Å². The molecule has 0 aromatic carbocycles. The van der Waals surface area contributed by atoms with E-state index in [0.29, 0.717) is 32.5 Å². The zero-order valence-electron chi connectivity index (χ0n) is 15.5. The molecule has 9 nitrogen and oxygen atoms in total. The second-order valence-corrected chi connectivity index (χ2v) is 9.36. The lowest BCUT2D eigenvalue weighted by Crippen LogP contribution is -2.53. The number of hydrogen-bond donors (Lipinski definition) is 4. The predicted molar refractivity (Wildman–Crippen MR) is 95.6 cm³/mol. The molecule has 0 bridgehead atoms. The lowest BCUT2D eigenvalue weighted by molar-refractivity contribution is -0.192. The summed E-state index contributed by atoms with van der Waals surface area (Å²) < 4.78 is 49.3. The molecular weight excluding hydrogens is 420 g/mol. The lowest BCUT2D eigenvalue weighted by Gasteiger charge is -2.42. The Morgan fingerprint density at radius 1 is 1.31 bits per heavy atom. The van der Waals surface area contributed by atoms with Crippen molar-refractivity contribution in [3.05, 3.63) is 24.2 Å². The first-order chi connectivity index (χ1) is 13.4. The third-order valence-electron chi connectivity index (χ3n) is 4.54. The highest BCUT2D eigenvalue weighted by atomic mass is 31.2. The Kier molecular flexibility index (Phi) is 8.88. The molecule has 1 saturated heterocycles. The SMILES string of the molecule is NCCCCC1(C(=O)O)CN(Cc2ccoc2)CCP1(=O)O.O=C(O)C(F)(F)F. The van der Waals surface area contributed by atoms with E-state index in [4.69, 9.17) is 20.1 Å². The van der Waals surface area contributed by atoms with Crippen LogP contribution >= 0.6 is 7.37 Å². The average molecular weight is 444 g/mol. The normalized spacial score (nSPS) is 25.1. The number of nitrogens with zero attached hydrogens (tertiary/aromatic N) is 1. The summed E-state index contributed by atoms with van der Waals surface area (Å²) >= 11 is 0. The first kappa shape index (κ1) is 25.2. The summed E-state index contributed by atoms with van der Waals surface area (Å²) in [6.45, 7) is 1.45. The van der Waals surface area contributed by atoms with E-state index in [1.54, 1.807) is 12.5 Å². The van der Waals surface area contributed by atoms with Crippen LogP contribution in [0, 0.1) is 0 Å². The summed E-state index contributed by atoms with van der Waals surface area (Å²) in [6.07, 6.45) is -0.565. The number of halogens is 3. The van der Waals surface area contributed by atoms with E-state index < -0.39 is 30.6 Å². The van der Waals surface area contributed by atoms with E-state index in [9.17, 15) is 32.5 Å². The van der Waals surface area contributed by atoms with Gasteiger partial charge in [-0.15, -0.1) is 0 Å². The number of carboxylic acids is 2. The highest BCUT2D eigenvalue weighted by Crippen LogP contribution is 2.59. The molecule has 2 unspecified atom stereocenters. The maximum absolute atomic E-state index is 12.6. The second-order valence-electron chi connectivity index (χ2n) is 6.65.